The Labute approximate surface area is 110 Å². The van der Waals surface area contributed by atoms with Crippen LogP contribution in [0.15, 0.2) is 6.20 Å². The molecular weight excluding hydrogens is 250 g/mol. The molecule has 18 heavy (non-hydrogen) atoms. The summed E-state index contributed by atoms with van der Waals surface area (Å²) in [7, 11) is 0. The van der Waals surface area contributed by atoms with E-state index in [0.717, 1.165) is 11.3 Å². The van der Waals surface area contributed by atoms with Crippen molar-refractivity contribution in [1.82, 2.24) is 19.6 Å². The number of nitrogens with zero attached hydrogens (tertiary/aromatic N) is 4. The Morgan fingerprint density at radius 1 is 1.44 bits per heavy atom. The van der Waals surface area contributed by atoms with Gasteiger partial charge in [-0.05, 0) is 18.8 Å². The largest absolute Gasteiger partial charge is 0.367 e. The van der Waals surface area contributed by atoms with Crippen LogP contribution in [0.4, 0.5) is 5.95 Å². The van der Waals surface area contributed by atoms with Crippen LogP contribution < -0.4 is 5.73 Å². The zero-order valence-electron chi connectivity index (χ0n) is 10.3. The van der Waals surface area contributed by atoms with Crippen LogP contribution in [0.5, 0.6) is 0 Å². The molecule has 1 aliphatic rings. The Bertz CT molecular complexity index is 573. The topological polar surface area (TPSA) is 69.1 Å². The van der Waals surface area contributed by atoms with Crippen molar-refractivity contribution in [2.75, 3.05) is 5.73 Å². The van der Waals surface area contributed by atoms with E-state index in [1.807, 2.05) is 0 Å². The minimum Gasteiger partial charge on any atom is -0.367 e. The van der Waals surface area contributed by atoms with Gasteiger partial charge in [0.05, 0.1) is 6.20 Å². The molecule has 1 saturated carbocycles. The summed E-state index contributed by atoms with van der Waals surface area (Å²) in [5, 5.41) is 4.68. The first-order valence-corrected chi connectivity index (χ1v) is 6.71. The first-order chi connectivity index (χ1) is 8.66. The number of nitrogen functional groups attached to an aromatic ring is 1. The van der Waals surface area contributed by atoms with Gasteiger partial charge in [0.15, 0.2) is 5.15 Å². The number of halogens is 1. The molecule has 1 fully saturated rings. The van der Waals surface area contributed by atoms with Crippen LogP contribution in [0.3, 0.4) is 0 Å². The molecule has 2 aromatic rings. The molecule has 1 unspecified atom stereocenters. The van der Waals surface area contributed by atoms with Gasteiger partial charge in [-0.3, -0.25) is 0 Å². The van der Waals surface area contributed by atoms with Crippen molar-refractivity contribution in [3.8, 4) is 0 Å². The molecule has 1 aliphatic carbocycles. The van der Waals surface area contributed by atoms with E-state index in [9.17, 15) is 0 Å². The third kappa shape index (κ3) is 1.82. The highest BCUT2D eigenvalue weighted by molar-refractivity contribution is 6.32. The van der Waals surface area contributed by atoms with Crippen LogP contribution in [0.25, 0.3) is 5.52 Å². The average Bonchev–Trinajstić information content (AvgIpc) is 2.97. The van der Waals surface area contributed by atoms with Gasteiger partial charge in [-0.1, -0.05) is 31.4 Å². The zero-order valence-corrected chi connectivity index (χ0v) is 11.1. The van der Waals surface area contributed by atoms with Gasteiger partial charge in [-0.15, -0.1) is 5.10 Å². The third-order valence-corrected chi connectivity index (χ3v) is 4.18. The molecule has 96 valence electrons. The maximum atomic E-state index is 6.13. The molecule has 2 heterocycles. The van der Waals surface area contributed by atoms with Gasteiger partial charge in [0.2, 0.25) is 5.95 Å². The molecule has 0 radical (unpaired) electrons. The maximum Gasteiger partial charge on any atom is 0.238 e. The van der Waals surface area contributed by atoms with Crippen LogP contribution in [-0.4, -0.2) is 19.6 Å². The molecule has 1 atom stereocenters. The molecule has 2 aromatic heterocycles. The highest BCUT2D eigenvalue weighted by Gasteiger charge is 2.27. The summed E-state index contributed by atoms with van der Waals surface area (Å²) < 4.78 is 1.74. The quantitative estimate of drug-likeness (QED) is 0.906. The Hall–Kier alpha value is -1.36. The lowest BCUT2D eigenvalue weighted by molar-refractivity contribution is 0.438. The molecule has 3 rings (SSSR count). The fraction of sp³-hybridized carbons (Fsp3) is 0.583. The number of hydrogen-bond acceptors (Lipinski definition) is 4. The van der Waals surface area contributed by atoms with Gasteiger partial charge < -0.3 is 5.73 Å². The van der Waals surface area contributed by atoms with Crippen LogP contribution >= 0.6 is 11.6 Å². The predicted octanol–water partition coefficient (Wildman–Crippen LogP) is 2.65. The number of aromatic nitrogens is 4. The van der Waals surface area contributed by atoms with Gasteiger partial charge in [0, 0.05) is 5.92 Å². The van der Waals surface area contributed by atoms with Gasteiger partial charge in [-0.25, -0.2) is 14.5 Å². The second kappa shape index (κ2) is 4.39. The molecule has 6 heteroatoms. The van der Waals surface area contributed by atoms with Crippen molar-refractivity contribution < 1.29 is 0 Å². The van der Waals surface area contributed by atoms with Crippen LogP contribution in [0, 0.1) is 5.92 Å². The number of fused-ring (bicyclic) bond motifs is 1. The monoisotopic (exact) mass is 265 g/mol. The number of hydrogen-bond donors (Lipinski definition) is 1. The number of nitrogens with two attached hydrogens (primary N) is 1. The van der Waals surface area contributed by atoms with E-state index in [0.29, 0.717) is 17.0 Å². The standard InChI is InChI=1S/C12H16ClN5/c1-7(8-4-2-3-5-8)11-16-10(13)9-6-15-12(14)17-18(9)11/h6-8H,2-5H2,1H3,(H2,14,17). The fourth-order valence-corrected chi connectivity index (χ4v) is 3.06. The SMILES string of the molecule is CC(c1nc(Cl)c2cnc(N)nn12)C1CCCC1. The van der Waals surface area contributed by atoms with Crippen molar-refractivity contribution in [2.45, 2.75) is 38.5 Å². The Morgan fingerprint density at radius 2 is 2.17 bits per heavy atom. The van der Waals surface area contributed by atoms with Crippen molar-refractivity contribution in [3.05, 3.63) is 17.2 Å². The number of imidazole rings is 1. The minimum atomic E-state index is 0.247. The van der Waals surface area contributed by atoms with E-state index in [2.05, 4.69) is 22.0 Å². The zero-order chi connectivity index (χ0) is 12.7. The number of rotatable bonds is 2. The van der Waals surface area contributed by atoms with Gasteiger partial charge in [0.1, 0.15) is 11.3 Å². The summed E-state index contributed by atoms with van der Waals surface area (Å²) in [5.41, 5.74) is 6.37. The van der Waals surface area contributed by atoms with E-state index in [4.69, 9.17) is 17.3 Å². The molecule has 0 spiro atoms. The highest BCUT2D eigenvalue weighted by atomic mass is 35.5. The lowest BCUT2D eigenvalue weighted by atomic mass is 9.92. The third-order valence-electron chi connectivity index (χ3n) is 3.91. The summed E-state index contributed by atoms with van der Waals surface area (Å²) >= 11 is 6.13. The molecule has 0 saturated heterocycles. The van der Waals surface area contributed by atoms with E-state index in [1.54, 1.807) is 10.7 Å². The van der Waals surface area contributed by atoms with Crippen molar-refractivity contribution in [1.29, 1.82) is 0 Å². The molecular formula is C12H16ClN5. The van der Waals surface area contributed by atoms with Crippen LogP contribution in [0.1, 0.15) is 44.3 Å². The Kier molecular flexibility index (Phi) is 2.86. The second-order valence-corrected chi connectivity index (χ2v) is 5.37. The highest BCUT2D eigenvalue weighted by Crippen LogP contribution is 2.37. The fourth-order valence-electron chi connectivity index (χ4n) is 2.85. The van der Waals surface area contributed by atoms with Crippen molar-refractivity contribution >= 4 is 23.1 Å². The molecule has 0 amide bonds. The first kappa shape index (κ1) is 11.7. The van der Waals surface area contributed by atoms with Crippen molar-refractivity contribution in [2.24, 2.45) is 5.92 Å². The maximum absolute atomic E-state index is 6.13. The lowest BCUT2D eigenvalue weighted by Crippen LogP contribution is -2.12. The summed E-state index contributed by atoms with van der Waals surface area (Å²) in [4.78, 5) is 8.41. The number of anilines is 1. The van der Waals surface area contributed by atoms with Gasteiger partial charge in [-0.2, -0.15) is 0 Å². The molecule has 0 aliphatic heterocycles. The lowest BCUT2D eigenvalue weighted by Gasteiger charge is -2.16. The first-order valence-electron chi connectivity index (χ1n) is 6.33. The van der Waals surface area contributed by atoms with Crippen LogP contribution in [-0.2, 0) is 0 Å². The second-order valence-electron chi connectivity index (χ2n) is 5.01. The van der Waals surface area contributed by atoms with E-state index < -0.39 is 0 Å². The summed E-state index contributed by atoms with van der Waals surface area (Å²) in [6.07, 6.45) is 6.76. The van der Waals surface area contributed by atoms with Gasteiger partial charge >= 0.3 is 0 Å². The van der Waals surface area contributed by atoms with Crippen molar-refractivity contribution in [3.63, 3.8) is 0 Å². The van der Waals surface area contributed by atoms with Crippen LogP contribution in [0.2, 0.25) is 5.15 Å². The predicted molar refractivity (Wildman–Crippen MR) is 70.6 cm³/mol. The summed E-state index contributed by atoms with van der Waals surface area (Å²) in [5.74, 6) is 2.16. The normalized spacial score (nSPS) is 18.6. The summed E-state index contributed by atoms with van der Waals surface area (Å²) in [6.45, 7) is 2.19. The molecule has 0 aromatic carbocycles. The van der Waals surface area contributed by atoms with E-state index >= 15 is 0 Å². The Morgan fingerprint density at radius 3 is 2.89 bits per heavy atom. The average molecular weight is 266 g/mol. The Balaban J connectivity index is 2.07. The summed E-state index contributed by atoms with van der Waals surface area (Å²) in [6, 6.07) is 0. The van der Waals surface area contributed by atoms with Gasteiger partial charge in [0.25, 0.3) is 0 Å². The molecule has 2 N–H and O–H groups in total. The molecule has 0 bridgehead atoms. The minimum absolute atomic E-state index is 0.247. The molecule has 5 nitrogen and oxygen atoms in total. The van der Waals surface area contributed by atoms with E-state index in [1.165, 1.54) is 25.7 Å². The smallest absolute Gasteiger partial charge is 0.238 e. The van der Waals surface area contributed by atoms with E-state index in [-0.39, 0.29) is 5.95 Å².